The SMILES string of the molecule is CN(C)CC1CC(O)CN1C(=N)C1CCCCC1. The van der Waals surface area contributed by atoms with Crippen molar-refractivity contribution in [2.75, 3.05) is 27.2 Å². The third kappa shape index (κ3) is 3.23. The van der Waals surface area contributed by atoms with Crippen molar-refractivity contribution in [1.29, 1.82) is 5.41 Å². The largest absolute Gasteiger partial charge is 0.391 e. The maximum Gasteiger partial charge on any atom is 0.0993 e. The van der Waals surface area contributed by atoms with Gasteiger partial charge in [0.2, 0.25) is 0 Å². The molecule has 0 bridgehead atoms. The zero-order valence-corrected chi connectivity index (χ0v) is 11.7. The second-order valence-electron chi connectivity index (χ2n) is 6.18. The molecule has 4 nitrogen and oxygen atoms in total. The Kier molecular flexibility index (Phi) is 4.62. The summed E-state index contributed by atoms with van der Waals surface area (Å²) in [7, 11) is 4.13. The summed E-state index contributed by atoms with van der Waals surface area (Å²) < 4.78 is 0. The molecule has 1 aliphatic heterocycles. The van der Waals surface area contributed by atoms with Crippen LogP contribution in [-0.4, -0.2) is 60.1 Å². The Morgan fingerprint density at radius 3 is 2.56 bits per heavy atom. The molecule has 1 heterocycles. The van der Waals surface area contributed by atoms with Gasteiger partial charge in [0.1, 0.15) is 0 Å². The lowest BCUT2D eigenvalue weighted by Crippen LogP contribution is -2.44. The number of aliphatic hydroxyl groups is 1. The Hall–Kier alpha value is -0.610. The highest BCUT2D eigenvalue weighted by atomic mass is 16.3. The maximum atomic E-state index is 9.87. The van der Waals surface area contributed by atoms with Crippen LogP contribution in [0.4, 0.5) is 0 Å². The molecule has 2 rings (SSSR count). The van der Waals surface area contributed by atoms with Crippen molar-refractivity contribution in [3.05, 3.63) is 0 Å². The summed E-state index contributed by atoms with van der Waals surface area (Å²) in [6, 6.07) is 0.324. The fourth-order valence-corrected chi connectivity index (χ4v) is 3.39. The molecule has 2 fully saturated rings. The standard InChI is InChI=1S/C14H27N3O/c1-16(2)9-12-8-13(18)10-17(12)14(15)11-6-4-3-5-7-11/h11-13,15,18H,3-10H2,1-2H3. The second kappa shape index (κ2) is 6.02. The minimum absolute atomic E-state index is 0.251. The van der Waals surface area contributed by atoms with Crippen LogP contribution < -0.4 is 0 Å². The third-order valence-electron chi connectivity index (χ3n) is 4.27. The van der Waals surface area contributed by atoms with Gasteiger partial charge in [-0.2, -0.15) is 0 Å². The Morgan fingerprint density at radius 1 is 1.28 bits per heavy atom. The smallest absolute Gasteiger partial charge is 0.0993 e. The van der Waals surface area contributed by atoms with Crippen LogP contribution in [0.15, 0.2) is 0 Å². The van der Waals surface area contributed by atoms with E-state index in [-0.39, 0.29) is 6.10 Å². The number of amidine groups is 1. The normalized spacial score (nSPS) is 30.1. The van der Waals surface area contributed by atoms with Crippen LogP contribution in [0.5, 0.6) is 0 Å². The summed E-state index contributed by atoms with van der Waals surface area (Å²) in [5.74, 6) is 1.23. The number of nitrogens with zero attached hydrogens (tertiary/aromatic N) is 2. The summed E-state index contributed by atoms with van der Waals surface area (Å²) in [5, 5.41) is 18.3. The summed E-state index contributed by atoms with van der Waals surface area (Å²) in [6.45, 7) is 1.60. The van der Waals surface area contributed by atoms with Crippen molar-refractivity contribution in [3.63, 3.8) is 0 Å². The lowest BCUT2D eigenvalue weighted by Gasteiger charge is -2.34. The molecule has 0 spiro atoms. The molecule has 18 heavy (non-hydrogen) atoms. The van der Waals surface area contributed by atoms with E-state index in [1.54, 1.807) is 0 Å². The number of β-amino-alcohol motifs (C(OH)–C–C–N with tert-alkyl or cyclic N) is 1. The van der Waals surface area contributed by atoms with E-state index in [4.69, 9.17) is 5.41 Å². The van der Waals surface area contributed by atoms with Crippen LogP contribution in [0.25, 0.3) is 0 Å². The number of likely N-dealkylation sites (tertiary alicyclic amines) is 1. The summed E-state index contributed by atoms with van der Waals surface area (Å²) in [6.07, 6.45) is 6.75. The number of hydrogen-bond donors (Lipinski definition) is 2. The average molecular weight is 253 g/mol. The molecular formula is C14H27N3O. The minimum atomic E-state index is -0.251. The van der Waals surface area contributed by atoms with E-state index < -0.39 is 0 Å². The van der Waals surface area contributed by atoms with Gasteiger partial charge in [-0.25, -0.2) is 0 Å². The van der Waals surface area contributed by atoms with Crippen molar-refractivity contribution < 1.29 is 5.11 Å². The molecular weight excluding hydrogens is 226 g/mol. The van der Waals surface area contributed by atoms with E-state index in [9.17, 15) is 5.11 Å². The minimum Gasteiger partial charge on any atom is -0.391 e. The Morgan fingerprint density at radius 2 is 1.94 bits per heavy atom. The zero-order valence-electron chi connectivity index (χ0n) is 11.7. The van der Waals surface area contributed by atoms with E-state index in [0.29, 0.717) is 18.5 Å². The van der Waals surface area contributed by atoms with Gasteiger partial charge in [-0.3, -0.25) is 5.41 Å². The molecule has 2 aliphatic rings. The van der Waals surface area contributed by atoms with Gasteiger partial charge in [0.25, 0.3) is 0 Å². The molecule has 2 atom stereocenters. The number of hydrogen-bond acceptors (Lipinski definition) is 3. The van der Waals surface area contributed by atoms with Crippen molar-refractivity contribution in [3.8, 4) is 0 Å². The molecule has 0 radical (unpaired) electrons. The fraction of sp³-hybridized carbons (Fsp3) is 0.929. The molecule has 2 N–H and O–H groups in total. The van der Waals surface area contributed by atoms with Gasteiger partial charge in [0.05, 0.1) is 11.9 Å². The average Bonchev–Trinajstić information content (AvgIpc) is 2.69. The summed E-state index contributed by atoms with van der Waals surface area (Å²) in [4.78, 5) is 4.32. The zero-order chi connectivity index (χ0) is 13.1. The van der Waals surface area contributed by atoms with E-state index in [0.717, 1.165) is 18.8 Å². The lowest BCUT2D eigenvalue weighted by atomic mass is 9.88. The van der Waals surface area contributed by atoms with Crippen molar-refractivity contribution in [1.82, 2.24) is 9.80 Å². The van der Waals surface area contributed by atoms with Crippen LogP contribution in [0, 0.1) is 11.3 Å². The number of nitrogens with one attached hydrogen (secondary N) is 1. The van der Waals surface area contributed by atoms with Gasteiger partial charge in [-0.1, -0.05) is 19.3 Å². The molecule has 1 saturated heterocycles. The van der Waals surface area contributed by atoms with E-state index in [1.807, 2.05) is 0 Å². The molecule has 4 heteroatoms. The Labute approximate surface area is 110 Å². The molecule has 0 aromatic heterocycles. The van der Waals surface area contributed by atoms with Crippen LogP contribution in [0.3, 0.4) is 0 Å². The van der Waals surface area contributed by atoms with Gasteiger partial charge in [0, 0.05) is 25.0 Å². The van der Waals surface area contributed by atoms with Gasteiger partial charge in [0.15, 0.2) is 0 Å². The Balaban J connectivity index is 1.97. The van der Waals surface area contributed by atoms with Crippen LogP contribution in [-0.2, 0) is 0 Å². The number of aliphatic hydroxyl groups excluding tert-OH is 1. The van der Waals surface area contributed by atoms with Gasteiger partial charge in [-0.05, 0) is 33.4 Å². The van der Waals surface area contributed by atoms with Crippen LogP contribution in [0.1, 0.15) is 38.5 Å². The molecule has 2 unspecified atom stereocenters. The van der Waals surface area contributed by atoms with Gasteiger partial charge >= 0.3 is 0 Å². The number of rotatable bonds is 3. The van der Waals surface area contributed by atoms with Crippen molar-refractivity contribution in [2.45, 2.75) is 50.7 Å². The highest BCUT2D eigenvalue weighted by Gasteiger charge is 2.35. The fourth-order valence-electron chi connectivity index (χ4n) is 3.39. The summed E-state index contributed by atoms with van der Waals surface area (Å²) >= 11 is 0. The first-order chi connectivity index (χ1) is 8.58. The Bertz CT molecular complexity index is 287. The van der Waals surface area contributed by atoms with Crippen molar-refractivity contribution in [2.24, 2.45) is 5.92 Å². The van der Waals surface area contributed by atoms with E-state index in [1.165, 1.54) is 32.1 Å². The molecule has 104 valence electrons. The molecule has 1 aliphatic carbocycles. The quantitative estimate of drug-likeness (QED) is 0.592. The maximum absolute atomic E-state index is 9.87. The van der Waals surface area contributed by atoms with Crippen LogP contribution in [0.2, 0.25) is 0 Å². The predicted molar refractivity (Wildman–Crippen MR) is 74.0 cm³/mol. The predicted octanol–water partition coefficient (Wildman–Crippen LogP) is 1.54. The van der Waals surface area contributed by atoms with Crippen LogP contribution >= 0.6 is 0 Å². The van der Waals surface area contributed by atoms with E-state index >= 15 is 0 Å². The molecule has 0 aromatic carbocycles. The molecule has 1 saturated carbocycles. The topological polar surface area (TPSA) is 50.6 Å². The highest BCUT2D eigenvalue weighted by molar-refractivity contribution is 5.82. The second-order valence-corrected chi connectivity index (χ2v) is 6.18. The van der Waals surface area contributed by atoms with Gasteiger partial charge < -0.3 is 14.9 Å². The monoisotopic (exact) mass is 253 g/mol. The molecule has 0 aromatic rings. The number of likely N-dealkylation sites (N-methyl/N-ethyl adjacent to an activating group) is 1. The van der Waals surface area contributed by atoms with E-state index in [2.05, 4.69) is 23.9 Å². The lowest BCUT2D eigenvalue weighted by molar-refractivity contribution is 0.186. The first-order valence-electron chi connectivity index (χ1n) is 7.26. The first-order valence-corrected chi connectivity index (χ1v) is 7.26. The van der Waals surface area contributed by atoms with Crippen molar-refractivity contribution >= 4 is 5.84 Å². The van der Waals surface area contributed by atoms with Gasteiger partial charge in [-0.15, -0.1) is 0 Å². The highest BCUT2D eigenvalue weighted by Crippen LogP contribution is 2.29. The third-order valence-corrected chi connectivity index (χ3v) is 4.27. The first kappa shape index (κ1) is 13.8. The summed E-state index contributed by atoms with van der Waals surface area (Å²) in [5.41, 5.74) is 0. The molecule has 0 amide bonds.